The lowest BCUT2D eigenvalue weighted by atomic mass is 10.2. The van der Waals surface area contributed by atoms with E-state index in [1.54, 1.807) is 20.3 Å². The van der Waals surface area contributed by atoms with Gasteiger partial charge in [-0.3, -0.25) is 0 Å². The summed E-state index contributed by atoms with van der Waals surface area (Å²) in [4.78, 5) is 0.861. The van der Waals surface area contributed by atoms with Gasteiger partial charge in [-0.15, -0.1) is 11.3 Å². The standard InChI is InChI=1S/C15H18ClNO3S/c1-19-12-4-3-10(7-13(12)20-2)8-17-9-11(18)14-5-6-15(16)21-14/h3-7,11,17-18H,8-9H2,1-2H3. The molecule has 1 aromatic carbocycles. The van der Waals surface area contributed by atoms with E-state index in [2.05, 4.69) is 5.32 Å². The molecule has 0 bridgehead atoms. The van der Waals surface area contributed by atoms with Crippen molar-refractivity contribution in [2.75, 3.05) is 20.8 Å². The number of thiophene rings is 1. The molecule has 2 N–H and O–H groups in total. The van der Waals surface area contributed by atoms with Crippen LogP contribution in [0.1, 0.15) is 16.5 Å². The number of methoxy groups -OCH3 is 2. The van der Waals surface area contributed by atoms with Gasteiger partial charge in [0.15, 0.2) is 11.5 Å². The predicted molar refractivity (Wildman–Crippen MR) is 85.5 cm³/mol. The van der Waals surface area contributed by atoms with E-state index >= 15 is 0 Å². The highest BCUT2D eigenvalue weighted by Crippen LogP contribution is 2.28. The lowest BCUT2D eigenvalue weighted by molar-refractivity contribution is 0.178. The number of hydrogen-bond donors (Lipinski definition) is 2. The van der Waals surface area contributed by atoms with Gasteiger partial charge in [0, 0.05) is 18.0 Å². The van der Waals surface area contributed by atoms with Gasteiger partial charge in [0.2, 0.25) is 0 Å². The number of aliphatic hydroxyl groups is 1. The SMILES string of the molecule is COc1ccc(CNCC(O)c2ccc(Cl)s2)cc1OC. The van der Waals surface area contributed by atoms with Gasteiger partial charge >= 0.3 is 0 Å². The highest BCUT2D eigenvalue weighted by Gasteiger charge is 2.10. The van der Waals surface area contributed by atoms with Crippen molar-refractivity contribution in [3.63, 3.8) is 0 Å². The highest BCUT2D eigenvalue weighted by atomic mass is 35.5. The summed E-state index contributed by atoms with van der Waals surface area (Å²) in [6.45, 7) is 1.10. The van der Waals surface area contributed by atoms with Crippen LogP contribution < -0.4 is 14.8 Å². The monoisotopic (exact) mass is 327 g/mol. The number of hydrogen-bond acceptors (Lipinski definition) is 5. The van der Waals surface area contributed by atoms with Crippen LogP contribution in [0.3, 0.4) is 0 Å². The first kappa shape index (κ1) is 16.1. The first-order valence-electron chi connectivity index (χ1n) is 6.49. The Morgan fingerprint density at radius 1 is 1.19 bits per heavy atom. The number of benzene rings is 1. The smallest absolute Gasteiger partial charge is 0.161 e. The van der Waals surface area contributed by atoms with Crippen LogP contribution in [0.4, 0.5) is 0 Å². The van der Waals surface area contributed by atoms with Crippen LogP contribution in [-0.2, 0) is 6.54 Å². The van der Waals surface area contributed by atoms with Gasteiger partial charge in [-0.2, -0.15) is 0 Å². The zero-order valence-electron chi connectivity index (χ0n) is 11.9. The normalized spacial score (nSPS) is 12.2. The van der Waals surface area contributed by atoms with Crippen LogP contribution in [0.5, 0.6) is 11.5 Å². The van der Waals surface area contributed by atoms with Crippen LogP contribution >= 0.6 is 22.9 Å². The summed E-state index contributed by atoms with van der Waals surface area (Å²) >= 11 is 7.25. The summed E-state index contributed by atoms with van der Waals surface area (Å²) in [5.74, 6) is 1.40. The average Bonchev–Trinajstić information content (AvgIpc) is 2.93. The molecular weight excluding hydrogens is 310 g/mol. The molecule has 1 aromatic heterocycles. The molecule has 4 nitrogen and oxygen atoms in total. The molecule has 6 heteroatoms. The maximum Gasteiger partial charge on any atom is 0.161 e. The fraction of sp³-hybridized carbons (Fsp3) is 0.333. The van der Waals surface area contributed by atoms with Crippen molar-refractivity contribution in [2.24, 2.45) is 0 Å². The van der Waals surface area contributed by atoms with Crippen molar-refractivity contribution in [1.29, 1.82) is 0 Å². The topological polar surface area (TPSA) is 50.7 Å². The number of aliphatic hydroxyl groups excluding tert-OH is 1. The van der Waals surface area contributed by atoms with Gasteiger partial charge in [0.05, 0.1) is 18.6 Å². The van der Waals surface area contributed by atoms with Crippen LogP contribution in [0.2, 0.25) is 4.34 Å². The Kier molecular flexibility index (Phi) is 5.87. The lowest BCUT2D eigenvalue weighted by Gasteiger charge is -2.12. The molecule has 0 radical (unpaired) electrons. The van der Waals surface area contributed by atoms with E-state index in [4.69, 9.17) is 21.1 Å². The number of halogens is 1. The number of rotatable bonds is 7. The Labute approximate surface area is 133 Å². The molecule has 0 spiro atoms. The van der Waals surface area contributed by atoms with E-state index in [0.29, 0.717) is 28.9 Å². The molecule has 0 aliphatic carbocycles. The average molecular weight is 328 g/mol. The van der Waals surface area contributed by atoms with Crippen LogP contribution in [-0.4, -0.2) is 25.9 Å². The molecule has 114 valence electrons. The second-order valence-corrected chi connectivity index (χ2v) is 6.22. The van der Waals surface area contributed by atoms with Gasteiger partial charge in [0.25, 0.3) is 0 Å². The summed E-state index contributed by atoms with van der Waals surface area (Å²) in [6, 6.07) is 9.38. The van der Waals surface area contributed by atoms with E-state index in [1.165, 1.54) is 11.3 Å². The molecule has 2 rings (SSSR count). The van der Waals surface area contributed by atoms with Gasteiger partial charge in [-0.25, -0.2) is 0 Å². The van der Waals surface area contributed by atoms with E-state index in [0.717, 1.165) is 10.4 Å². The van der Waals surface area contributed by atoms with Crippen LogP contribution in [0.15, 0.2) is 30.3 Å². The quantitative estimate of drug-likeness (QED) is 0.819. The molecule has 0 amide bonds. The molecular formula is C15H18ClNO3S. The maximum atomic E-state index is 10.0. The second kappa shape index (κ2) is 7.66. The first-order valence-corrected chi connectivity index (χ1v) is 7.68. The zero-order valence-corrected chi connectivity index (χ0v) is 13.5. The number of nitrogens with one attached hydrogen (secondary N) is 1. The van der Waals surface area contributed by atoms with Crippen molar-refractivity contribution < 1.29 is 14.6 Å². The lowest BCUT2D eigenvalue weighted by Crippen LogP contribution is -2.20. The molecule has 0 fully saturated rings. The molecule has 1 unspecified atom stereocenters. The fourth-order valence-corrected chi connectivity index (χ4v) is 3.00. The van der Waals surface area contributed by atoms with Crippen molar-refractivity contribution in [1.82, 2.24) is 5.32 Å². The van der Waals surface area contributed by atoms with Crippen molar-refractivity contribution >= 4 is 22.9 Å². The summed E-state index contributed by atoms with van der Waals surface area (Å²) in [6.07, 6.45) is -0.553. The summed E-state index contributed by atoms with van der Waals surface area (Å²) < 4.78 is 11.1. The van der Waals surface area contributed by atoms with Crippen molar-refractivity contribution in [3.05, 3.63) is 45.1 Å². The van der Waals surface area contributed by atoms with E-state index in [-0.39, 0.29) is 0 Å². The Hall–Kier alpha value is -1.27. The molecule has 0 aliphatic heterocycles. The molecule has 21 heavy (non-hydrogen) atoms. The summed E-state index contributed by atoms with van der Waals surface area (Å²) in [7, 11) is 3.22. The molecule has 0 aliphatic rings. The Morgan fingerprint density at radius 2 is 1.95 bits per heavy atom. The molecule has 0 saturated heterocycles. The third-order valence-corrected chi connectivity index (χ3v) is 4.37. The third-order valence-electron chi connectivity index (χ3n) is 3.04. The third kappa shape index (κ3) is 4.35. The van der Waals surface area contributed by atoms with Crippen molar-refractivity contribution in [3.8, 4) is 11.5 Å². The summed E-state index contributed by atoms with van der Waals surface area (Å²) in [5.41, 5.74) is 1.06. The Morgan fingerprint density at radius 3 is 2.57 bits per heavy atom. The Bertz CT molecular complexity index is 588. The van der Waals surface area contributed by atoms with Gasteiger partial charge < -0.3 is 19.9 Å². The largest absolute Gasteiger partial charge is 0.493 e. The summed E-state index contributed by atoms with van der Waals surface area (Å²) in [5, 5.41) is 13.3. The Balaban J connectivity index is 1.88. The van der Waals surface area contributed by atoms with Crippen LogP contribution in [0, 0.1) is 0 Å². The van der Waals surface area contributed by atoms with E-state index < -0.39 is 6.10 Å². The van der Waals surface area contributed by atoms with E-state index in [9.17, 15) is 5.11 Å². The van der Waals surface area contributed by atoms with Crippen LogP contribution in [0.25, 0.3) is 0 Å². The zero-order chi connectivity index (χ0) is 15.2. The first-order chi connectivity index (χ1) is 10.1. The molecule has 1 heterocycles. The van der Waals surface area contributed by atoms with E-state index in [1.807, 2.05) is 24.3 Å². The maximum absolute atomic E-state index is 10.0. The fourth-order valence-electron chi connectivity index (χ4n) is 1.95. The minimum absolute atomic E-state index is 0.463. The molecule has 0 saturated carbocycles. The van der Waals surface area contributed by atoms with Gasteiger partial charge in [0.1, 0.15) is 6.10 Å². The predicted octanol–water partition coefficient (Wildman–Crippen LogP) is 3.24. The van der Waals surface area contributed by atoms with Gasteiger partial charge in [-0.05, 0) is 29.8 Å². The van der Waals surface area contributed by atoms with Crippen molar-refractivity contribution in [2.45, 2.75) is 12.6 Å². The minimum atomic E-state index is -0.553. The van der Waals surface area contributed by atoms with Gasteiger partial charge in [-0.1, -0.05) is 17.7 Å². The second-order valence-electron chi connectivity index (χ2n) is 4.48. The molecule has 1 atom stereocenters. The minimum Gasteiger partial charge on any atom is -0.493 e. The molecule has 2 aromatic rings. The highest BCUT2D eigenvalue weighted by molar-refractivity contribution is 7.16. The number of ether oxygens (including phenoxy) is 2.